The topological polar surface area (TPSA) is 37.3 Å². The van der Waals surface area contributed by atoms with Crippen molar-refractivity contribution in [3.05, 3.63) is 29.8 Å². The lowest BCUT2D eigenvalue weighted by molar-refractivity contribution is -0.109. The van der Waals surface area contributed by atoms with E-state index < -0.39 is 0 Å². The lowest BCUT2D eigenvalue weighted by Crippen LogP contribution is -2.07. The summed E-state index contributed by atoms with van der Waals surface area (Å²) in [4.78, 5) is 10.8. The van der Waals surface area contributed by atoms with Crippen molar-refractivity contribution >= 4 is 6.29 Å². The van der Waals surface area contributed by atoms with Crippen molar-refractivity contribution in [2.45, 2.75) is 19.8 Å². The highest BCUT2D eigenvalue weighted by atomic mass is 16.3. The molecule has 0 fully saturated rings. The van der Waals surface area contributed by atoms with Crippen LogP contribution in [-0.2, 0) is 4.79 Å². The molecule has 0 amide bonds. The minimum Gasteiger partial charge on any atom is -0.508 e. The van der Waals surface area contributed by atoms with Crippen molar-refractivity contribution in [3.63, 3.8) is 0 Å². The van der Waals surface area contributed by atoms with E-state index in [4.69, 9.17) is 0 Å². The quantitative estimate of drug-likeness (QED) is 0.721. The van der Waals surface area contributed by atoms with Crippen LogP contribution in [0.2, 0.25) is 0 Å². The Labute approximate surface area is 78.2 Å². The minimum absolute atomic E-state index is 0.118. The molecule has 0 bridgehead atoms. The van der Waals surface area contributed by atoms with Crippen molar-refractivity contribution in [3.8, 4) is 5.75 Å². The maximum atomic E-state index is 10.8. The number of phenolic OH excluding ortho intramolecular Hbond substituents is 1. The van der Waals surface area contributed by atoms with Gasteiger partial charge in [0.05, 0.1) is 0 Å². The first-order chi connectivity index (χ1) is 6.15. The highest BCUT2D eigenvalue weighted by molar-refractivity contribution is 5.62. The average Bonchev–Trinajstić information content (AvgIpc) is 2.04. The molecule has 1 aromatic rings. The SMILES string of the molecule is CC(C)C(C=O)c1cccc(O)c1. The predicted octanol–water partition coefficient (Wildman–Crippen LogP) is 2.33. The summed E-state index contributed by atoms with van der Waals surface area (Å²) in [5.41, 5.74) is 0.880. The third-order valence-corrected chi connectivity index (χ3v) is 2.12. The smallest absolute Gasteiger partial charge is 0.127 e. The Bertz CT molecular complexity index is 292. The number of benzene rings is 1. The molecule has 0 radical (unpaired) electrons. The van der Waals surface area contributed by atoms with Gasteiger partial charge in [0.25, 0.3) is 0 Å². The zero-order valence-corrected chi connectivity index (χ0v) is 7.90. The van der Waals surface area contributed by atoms with Crippen molar-refractivity contribution in [2.24, 2.45) is 5.92 Å². The minimum atomic E-state index is -0.118. The summed E-state index contributed by atoms with van der Waals surface area (Å²) >= 11 is 0. The van der Waals surface area contributed by atoms with Gasteiger partial charge in [0.15, 0.2) is 0 Å². The van der Waals surface area contributed by atoms with Gasteiger partial charge in [-0.2, -0.15) is 0 Å². The summed E-state index contributed by atoms with van der Waals surface area (Å²) < 4.78 is 0. The molecule has 1 rings (SSSR count). The number of carbonyl (C=O) groups excluding carboxylic acids is 1. The molecule has 0 aromatic heterocycles. The Morgan fingerprint density at radius 2 is 2.08 bits per heavy atom. The number of aldehydes is 1. The lowest BCUT2D eigenvalue weighted by Gasteiger charge is -2.14. The second-order valence-electron chi connectivity index (χ2n) is 3.50. The predicted molar refractivity (Wildman–Crippen MR) is 51.7 cm³/mol. The Balaban J connectivity index is 2.98. The van der Waals surface area contributed by atoms with Gasteiger partial charge >= 0.3 is 0 Å². The molecule has 13 heavy (non-hydrogen) atoms. The van der Waals surface area contributed by atoms with Gasteiger partial charge in [-0.15, -0.1) is 0 Å². The van der Waals surface area contributed by atoms with E-state index >= 15 is 0 Å². The maximum Gasteiger partial charge on any atom is 0.127 e. The number of carbonyl (C=O) groups is 1. The van der Waals surface area contributed by atoms with Crippen LogP contribution in [0.3, 0.4) is 0 Å². The molecule has 0 saturated heterocycles. The van der Waals surface area contributed by atoms with Gasteiger partial charge in [-0.25, -0.2) is 0 Å². The molecule has 2 nitrogen and oxygen atoms in total. The molecule has 1 aromatic carbocycles. The summed E-state index contributed by atoms with van der Waals surface area (Å²) in [6, 6.07) is 6.85. The molecule has 1 atom stereocenters. The van der Waals surface area contributed by atoms with Gasteiger partial charge in [0.1, 0.15) is 12.0 Å². The summed E-state index contributed by atoms with van der Waals surface area (Å²) in [6.45, 7) is 3.98. The van der Waals surface area contributed by atoms with Crippen LogP contribution in [0.4, 0.5) is 0 Å². The summed E-state index contributed by atoms with van der Waals surface area (Å²) in [5.74, 6) is 0.358. The Morgan fingerprint density at radius 1 is 1.38 bits per heavy atom. The second-order valence-corrected chi connectivity index (χ2v) is 3.50. The van der Waals surface area contributed by atoms with Crippen LogP contribution >= 0.6 is 0 Å². The molecule has 0 aliphatic heterocycles. The molecule has 2 heteroatoms. The summed E-state index contributed by atoms with van der Waals surface area (Å²) in [6.07, 6.45) is 0.930. The van der Waals surface area contributed by atoms with Crippen LogP contribution in [0.15, 0.2) is 24.3 Å². The zero-order chi connectivity index (χ0) is 9.84. The van der Waals surface area contributed by atoms with E-state index in [0.717, 1.165) is 11.8 Å². The molecular formula is C11H14O2. The van der Waals surface area contributed by atoms with E-state index in [-0.39, 0.29) is 17.6 Å². The number of hydrogen-bond donors (Lipinski definition) is 1. The number of hydrogen-bond acceptors (Lipinski definition) is 2. The second kappa shape index (κ2) is 4.08. The first kappa shape index (κ1) is 9.78. The van der Waals surface area contributed by atoms with Crippen LogP contribution in [0.1, 0.15) is 25.3 Å². The van der Waals surface area contributed by atoms with Gasteiger partial charge in [-0.3, -0.25) is 0 Å². The zero-order valence-electron chi connectivity index (χ0n) is 7.90. The number of rotatable bonds is 3. The molecular weight excluding hydrogens is 164 g/mol. The summed E-state index contributed by atoms with van der Waals surface area (Å²) in [5, 5.41) is 9.22. The van der Waals surface area contributed by atoms with Crippen LogP contribution in [0.5, 0.6) is 5.75 Å². The van der Waals surface area contributed by atoms with Gasteiger partial charge in [0, 0.05) is 5.92 Å². The normalized spacial score (nSPS) is 12.8. The largest absolute Gasteiger partial charge is 0.508 e. The number of aromatic hydroxyl groups is 1. The first-order valence-electron chi connectivity index (χ1n) is 4.39. The average molecular weight is 178 g/mol. The molecule has 1 N–H and O–H groups in total. The van der Waals surface area contributed by atoms with Crippen LogP contribution in [-0.4, -0.2) is 11.4 Å². The molecule has 0 heterocycles. The fraction of sp³-hybridized carbons (Fsp3) is 0.364. The standard InChI is InChI=1S/C11H14O2/c1-8(2)11(7-12)9-4-3-5-10(13)6-9/h3-8,11,13H,1-2H3. The summed E-state index contributed by atoms with van der Waals surface area (Å²) in [7, 11) is 0. The third-order valence-electron chi connectivity index (χ3n) is 2.12. The molecule has 0 aliphatic rings. The number of phenols is 1. The lowest BCUT2D eigenvalue weighted by atomic mass is 9.90. The molecule has 70 valence electrons. The van der Waals surface area contributed by atoms with Crippen molar-refractivity contribution < 1.29 is 9.90 Å². The van der Waals surface area contributed by atoms with E-state index in [1.807, 2.05) is 19.9 Å². The van der Waals surface area contributed by atoms with Gasteiger partial charge < -0.3 is 9.90 Å². The fourth-order valence-electron chi connectivity index (χ4n) is 1.35. The van der Waals surface area contributed by atoms with Gasteiger partial charge in [0.2, 0.25) is 0 Å². The highest BCUT2D eigenvalue weighted by Gasteiger charge is 2.14. The van der Waals surface area contributed by atoms with Crippen LogP contribution in [0, 0.1) is 5.92 Å². The van der Waals surface area contributed by atoms with Crippen LogP contribution in [0.25, 0.3) is 0 Å². The van der Waals surface area contributed by atoms with E-state index in [1.54, 1.807) is 18.2 Å². The maximum absolute atomic E-state index is 10.8. The van der Waals surface area contributed by atoms with Crippen molar-refractivity contribution in [1.82, 2.24) is 0 Å². The third kappa shape index (κ3) is 2.31. The van der Waals surface area contributed by atoms with E-state index in [9.17, 15) is 9.90 Å². The molecule has 0 aliphatic carbocycles. The Hall–Kier alpha value is -1.31. The van der Waals surface area contributed by atoms with E-state index in [1.165, 1.54) is 0 Å². The molecule has 0 spiro atoms. The monoisotopic (exact) mass is 178 g/mol. The molecule has 0 saturated carbocycles. The molecule has 1 unspecified atom stereocenters. The van der Waals surface area contributed by atoms with E-state index in [0.29, 0.717) is 0 Å². The van der Waals surface area contributed by atoms with E-state index in [2.05, 4.69) is 0 Å². The Morgan fingerprint density at radius 3 is 2.54 bits per heavy atom. The van der Waals surface area contributed by atoms with Crippen LogP contribution < -0.4 is 0 Å². The Kier molecular flexibility index (Phi) is 3.07. The van der Waals surface area contributed by atoms with Crippen molar-refractivity contribution in [1.29, 1.82) is 0 Å². The highest BCUT2D eigenvalue weighted by Crippen LogP contribution is 2.24. The fourth-order valence-corrected chi connectivity index (χ4v) is 1.35. The van der Waals surface area contributed by atoms with Gasteiger partial charge in [-0.05, 0) is 23.6 Å². The van der Waals surface area contributed by atoms with Gasteiger partial charge in [-0.1, -0.05) is 26.0 Å². The van der Waals surface area contributed by atoms with Crippen molar-refractivity contribution in [2.75, 3.05) is 0 Å². The first-order valence-corrected chi connectivity index (χ1v) is 4.39.